The molecule has 0 atom stereocenters. The minimum absolute atomic E-state index is 1.36. The van der Waals surface area contributed by atoms with Crippen molar-refractivity contribution in [1.82, 2.24) is 0 Å². The van der Waals surface area contributed by atoms with Crippen LogP contribution in [0.1, 0.15) is 134 Å². The lowest BCUT2D eigenvalue weighted by Gasteiger charge is -2.10. The van der Waals surface area contributed by atoms with Gasteiger partial charge in [-0.1, -0.05) is 121 Å². The molecule has 10 aromatic rings. The number of hydrogen-bond acceptors (Lipinski definition) is 0. The van der Waals surface area contributed by atoms with Gasteiger partial charge in [-0.15, -0.1) is 0 Å². The second-order valence-electron chi connectivity index (χ2n) is 22.6. The minimum atomic E-state index is 1.36. The average Bonchev–Trinajstić information content (AvgIpc) is 3.37. The van der Waals surface area contributed by atoms with E-state index in [1.54, 1.807) is 0 Å². The largest absolute Gasteiger partial charge is 0.0588 e. The van der Waals surface area contributed by atoms with Crippen LogP contribution in [0, 0.1) is 166 Å². The molecule has 0 aliphatic heterocycles. The van der Waals surface area contributed by atoms with Crippen LogP contribution in [0.4, 0.5) is 0 Å². The van der Waals surface area contributed by atoms with Gasteiger partial charge in [0, 0.05) is 0 Å². The van der Waals surface area contributed by atoms with Crippen molar-refractivity contribution in [2.45, 2.75) is 166 Å². The van der Waals surface area contributed by atoms with Gasteiger partial charge in [0.1, 0.15) is 0 Å². The summed E-state index contributed by atoms with van der Waals surface area (Å²) in [6.45, 7) is 52.2. The number of benzene rings is 10. The molecule has 0 aromatic heterocycles. The minimum Gasteiger partial charge on any atom is -0.0588 e. The standard InChI is InChI=1S/4C14H16.2C10H14/c1-9-5-13-7-11(3)12(4)8-14(13)6-10(9)2;1-9-5-7-14-12(4)10(2)6-8-13(14)11(9)3;1-9-5-7-13-8-6-10(2)12(4)14(13)11(9)3;1-9-5-6-13-7-10(2)11(3)8-14(13)12(9)4;1-7-5-9(3)10(4)6-8(7)2;1-7-5-6-8(2)10(4)9(7)3/h4*5-8H,1-4H3;2*5-6H,1-4H3. The molecule has 0 fully saturated rings. The smallest absolute Gasteiger partial charge is 0.0120 e. The first-order valence-corrected chi connectivity index (χ1v) is 27.6. The molecule has 0 bridgehead atoms. The van der Waals surface area contributed by atoms with Gasteiger partial charge in [-0.25, -0.2) is 0 Å². The highest BCUT2D eigenvalue weighted by Gasteiger charge is 2.07. The Balaban J connectivity index is 0.000000169. The van der Waals surface area contributed by atoms with E-state index in [-0.39, 0.29) is 0 Å². The fourth-order valence-electron chi connectivity index (χ4n) is 9.79. The van der Waals surface area contributed by atoms with E-state index in [9.17, 15) is 0 Å². The molecule has 0 N–H and O–H groups in total. The summed E-state index contributed by atoms with van der Waals surface area (Å²) in [5.74, 6) is 0. The Bertz CT molecular complexity index is 3410. The second kappa shape index (κ2) is 25.9. The van der Waals surface area contributed by atoms with E-state index in [0.29, 0.717) is 0 Å². The van der Waals surface area contributed by atoms with Gasteiger partial charge in [0.05, 0.1) is 0 Å². The highest BCUT2D eigenvalue weighted by molar-refractivity contribution is 5.91. The molecule has 0 saturated heterocycles. The summed E-state index contributed by atoms with van der Waals surface area (Å²) in [6, 6.07) is 44.6. The number of fused-ring (bicyclic) bond motifs is 4. The van der Waals surface area contributed by atoms with E-state index >= 15 is 0 Å². The van der Waals surface area contributed by atoms with E-state index in [1.165, 1.54) is 177 Å². The maximum Gasteiger partial charge on any atom is -0.0120 e. The normalized spacial score (nSPS) is 10.6. The van der Waals surface area contributed by atoms with E-state index in [4.69, 9.17) is 0 Å². The first-order valence-electron chi connectivity index (χ1n) is 27.6. The molecule has 0 saturated carbocycles. The quantitative estimate of drug-likeness (QED) is 0.142. The molecule has 10 rings (SSSR count). The van der Waals surface area contributed by atoms with Crippen molar-refractivity contribution >= 4 is 43.1 Å². The van der Waals surface area contributed by atoms with Crippen LogP contribution < -0.4 is 0 Å². The first-order chi connectivity index (χ1) is 35.6. The van der Waals surface area contributed by atoms with Gasteiger partial charge in [0.15, 0.2) is 0 Å². The molecule has 0 heteroatoms. The molecule has 76 heavy (non-hydrogen) atoms. The highest BCUT2D eigenvalue weighted by Crippen LogP contribution is 2.29. The molecule has 0 radical (unpaired) electrons. The van der Waals surface area contributed by atoms with Crippen LogP contribution in [-0.4, -0.2) is 0 Å². The predicted octanol–water partition coefficient (Wildman–Crippen LogP) is 22.1. The Morgan fingerprint density at radius 2 is 0.368 bits per heavy atom. The van der Waals surface area contributed by atoms with E-state index < -0.39 is 0 Å². The summed E-state index contributed by atoms with van der Waals surface area (Å²) in [6.07, 6.45) is 0. The summed E-state index contributed by atoms with van der Waals surface area (Å²) >= 11 is 0. The molecule has 10 aromatic carbocycles. The summed E-state index contributed by atoms with van der Waals surface area (Å²) < 4.78 is 0. The van der Waals surface area contributed by atoms with Gasteiger partial charge in [0.25, 0.3) is 0 Å². The van der Waals surface area contributed by atoms with Crippen LogP contribution in [0.2, 0.25) is 0 Å². The predicted molar refractivity (Wildman–Crippen MR) is 342 cm³/mol. The first kappa shape index (κ1) is 60.1. The lowest BCUT2D eigenvalue weighted by atomic mass is 9.95. The molecule has 0 heterocycles. The Morgan fingerprint density at radius 1 is 0.145 bits per heavy atom. The van der Waals surface area contributed by atoms with Gasteiger partial charge in [-0.2, -0.15) is 0 Å². The van der Waals surface area contributed by atoms with Crippen molar-refractivity contribution in [2.24, 2.45) is 0 Å². The molecule has 0 unspecified atom stereocenters. The monoisotopic (exact) mass is 1000 g/mol. The number of hydrogen-bond donors (Lipinski definition) is 0. The van der Waals surface area contributed by atoms with Gasteiger partial charge in [-0.3, -0.25) is 0 Å². The Hall–Kier alpha value is -6.76. The molecular formula is C76H92. The van der Waals surface area contributed by atoms with E-state index in [2.05, 4.69) is 287 Å². The zero-order valence-electron chi connectivity index (χ0n) is 51.5. The van der Waals surface area contributed by atoms with Crippen molar-refractivity contribution in [1.29, 1.82) is 0 Å². The summed E-state index contributed by atoms with van der Waals surface area (Å²) in [5, 5.41) is 11.1. The molecular weight excluding hydrogens is 913 g/mol. The van der Waals surface area contributed by atoms with Crippen LogP contribution in [-0.2, 0) is 0 Å². The van der Waals surface area contributed by atoms with Gasteiger partial charge in [0.2, 0.25) is 0 Å². The molecule has 396 valence electrons. The van der Waals surface area contributed by atoms with Crippen molar-refractivity contribution in [2.75, 3.05) is 0 Å². The summed E-state index contributed by atoms with van der Waals surface area (Å²) in [4.78, 5) is 0. The third-order valence-electron chi connectivity index (χ3n) is 17.2. The topological polar surface area (TPSA) is 0 Å². The van der Waals surface area contributed by atoms with E-state index in [1.807, 2.05) is 0 Å². The molecule has 0 nitrogen and oxygen atoms in total. The highest BCUT2D eigenvalue weighted by atomic mass is 14.1. The Labute approximate surface area is 461 Å². The zero-order chi connectivity index (χ0) is 56.6. The number of aryl methyl sites for hydroxylation is 22. The Morgan fingerprint density at radius 3 is 0.711 bits per heavy atom. The van der Waals surface area contributed by atoms with Crippen LogP contribution in [0.3, 0.4) is 0 Å². The zero-order valence-corrected chi connectivity index (χ0v) is 51.5. The van der Waals surface area contributed by atoms with Gasteiger partial charge >= 0.3 is 0 Å². The van der Waals surface area contributed by atoms with Crippen LogP contribution in [0.25, 0.3) is 43.1 Å². The maximum absolute atomic E-state index is 2.30. The number of rotatable bonds is 0. The third kappa shape index (κ3) is 14.4. The summed E-state index contributed by atoms with van der Waals surface area (Å²) in [5.41, 5.74) is 33.4. The van der Waals surface area contributed by atoms with Crippen LogP contribution >= 0.6 is 0 Å². The molecule has 0 amide bonds. The van der Waals surface area contributed by atoms with Crippen LogP contribution in [0.15, 0.2) is 121 Å². The lowest BCUT2D eigenvalue weighted by molar-refractivity contribution is 1.22. The van der Waals surface area contributed by atoms with Crippen molar-refractivity contribution in [3.05, 3.63) is 255 Å². The third-order valence-corrected chi connectivity index (χ3v) is 17.2. The average molecular weight is 1010 g/mol. The SMILES string of the molecule is Cc1cc(C)c(C)cc1C.Cc1cc2cc(C)c(C)cc2cc1C.Cc1cc2ccc(C)c(C)c2cc1C.Cc1ccc(C)c(C)c1C.Cc1ccc2c(C)c(C)ccc2c1C.Cc1ccc2ccc(C)c(C)c2c1C. The fraction of sp³-hybridized carbons (Fsp3) is 0.316. The molecule has 0 aliphatic rings. The van der Waals surface area contributed by atoms with Crippen molar-refractivity contribution in [3.8, 4) is 0 Å². The van der Waals surface area contributed by atoms with Crippen LogP contribution in [0.5, 0.6) is 0 Å². The van der Waals surface area contributed by atoms with Crippen molar-refractivity contribution in [3.63, 3.8) is 0 Å². The molecule has 0 aliphatic carbocycles. The summed E-state index contributed by atoms with van der Waals surface area (Å²) in [7, 11) is 0. The maximum atomic E-state index is 2.30. The van der Waals surface area contributed by atoms with Gasteiger partial charge in [-0.05, 0) is 343 Å². The van der Waals surface area contributed by atoms with E-state index in [0.717, 1.165) is 0 Å². The van der Waals surface area contributed by atoms with Crippen molar-refractivity contribution < 1.29 is 0 Å². The second-order valence-corrected chi connectivity index (χ2v) is 22.6. The Kier molecular flexibility index (Phi) is 20.4. The lowest BCUT2D eigenvalue weighted by Crippen LogP contribution is -1.89. The van der Waals surface area contributed by atoms with Gasteiger partial charge < -0.3 is 0 Å². The fourth-order valence-corrected chi connectivity index (χ4v) is 9.79. The molecule has 0 spiro atoms.